The van der Waals surface area contributed by atoms with Gasteiger partial charge < -0.3 is 19.1 Å². The molecule has 1 amide bonds. The monoisotopic (exact) mass is 363 g/mol. The molecule has 1 aliphatic heterocycles. The smallest absolute Gasteiger partial charge is 0.410 e. The summed E-state index contributed by atoms with van der Waals surface area (Å²) in [7, 11) is 0. The number of rotatable bonds is 5. The SMILES string of the molecule is CCOc1ccc(C(=O)OCC2CCN(C(=O)OC(C)(C)C)CC2)cc1. The molecular weight excluding hydrogens is 334 g/mol. The van der Waals surface area contributed by atoms with Gasteiger partial charge in [-0.3, -0.25) is 0 Å². The normalized spacial score (nSPS) is 15.5. The number of carbonyl (C=O) groups excluding carboxylic acids is 2. The molecule has 144 valence electrons. The Bertz CT molecular complexity index is 598. The molecule has 1 heterocycles. The van der Waals surface area contributed by atoms with E-state index >= 15 is 0 Å². The summed E-state index contributed by atoms with van der Waals surface area (Å²) in [6.07, 6.45) is 1.33. The fourth-order valence-electron chi connectivity index (χ4n) is 2.74. The van der Waals surface area contributed by atoms with Crippen LogP contribution in [-0.4, -0.2) is 48.9 Å². The molecule has 26 heavy (non-hydrogen) atoms. The number of nitrogens with zero attached hydrogens (tertiary/aromatic N) is 1. The Morgan fingerprint density at radius 2 is 1.73 bits per heavy atom. The van der Waals surface area contributed by atoms with E-state index in [1.807, 2.05) is 27.7 Å². The second-order valence-corrected chi connectivity index (χ2v) is 7.47. The Morgan fingerprint density at radius 3 is 2.27 bits per heavy atom. The zero-order valence-corrected chi connectivity index (χ0v) is 16.1. The van der Waals surface area contributed by atoms with Crippen molar-refractivity contribution in [1.82, 2.24) is 4.90 Å². The molecule has 6 heteroatoms. The number of piperidine rings is 1. The van der Waals surface area contributed by atoms with Crippen molar-refractivity contribution >= 4 is 12.1 Å². The van der Waals surface area contributed by atoms with Gasteiger partial charge in [0.1, 0.15) is 11.4 Å². The predicted octanol–water partition coefficient (Wildman–Crippen LogP) is 3.89. The van der Waals surface area contributed by atoms with Crippen LogP contribution in [0.2, 0.25) is 0 Å². The molecule has 0 unspecified atom stereocenters. The lowest BCUT2D eigenvalue weighted by Crippen LogP contribution is -2.42. The fourth-order valence-corrected chi connectivity index (χ4v) is 2.74. The van der Waals surface area contributed by atoms with E-state index in [-0.39, 0.29) is 18.0 Å². The molecule has 1 aromatic carbocycles. The minimum absolute atomic E-state index is 0.264. The average molecular weight is 363 g/mol. The molecule has 0 radical (unpaired) electrons. The van der Waals surface area contributed by atoms with Gasteiger partial charge >= 0.3 is 12.1 Å². The molecule has 0 saturated carbocycles. The maximum absolute atomic E-state index is 12.1. The summed E-state index contributed by atoms with van der Waals surface area (Å²) in [4.78, 5) is 25.9. The van der Waals surface area contributed by atoms with Gasteiger partial charge in [0.25, 0.3) is 0 Å². The maximum Gasteiger partial charge on any atom is 0.410 e. The number of esters is 1. The topological polar surface area (TPSA) is 65.1 Å². The summed E-state index contributed by atoms with van der Waals surface area (Å²) in [5.41, 5.74) is 0.0286. The molecule has 1 saturated heterocycles. The van der Waals surface area contributed by atoms with Crippen LogP contribution in [0.5, 0.6) is 5.75 Å². The molecule has 1 fully saturated rings. The van der Waals surface area contributed by atoms with Crippen LogP contribution in [-0.2, 0) is 9.47 Å². The molecule has 1 aliphatic rings. The second kappa shape index (κ2) is 8.92. The number of likely N-dealkylation sites (tertiary alicyclic amines) is 1. The van der Waals surface area contributed by atoms with Gasteiger partial charge in [0.2, 0.25) is 0 Å². The van der Waals surface area contributed by atoms with Gasteiger partial charge in [-0.1, -0.05) is 0 Å². The Hall–Kier alpha value is -2.24. The van der Waals surface area contributed by atoms with Crippen LogP contribution in [0, 0.1) is 5.92 Å². The molecule has 1 aromatic rings. The molecule has 0 aromatic heterocycles. The highest BCUT2D eigenvalue weighted by molar-refractivity contribution is 5.89. The summed E-state index contributed by atoms with van der Waals surface area (Å²) < 4.78 is 16.2. The average Bonchev–Trinajstić information content (AvgIpc) is 2.59. The van der Waals surface area contributed by atoms with E-state index < -0.39 is 5.60 Å². The van der Waals surface area contributed by atoms with Crippen LogP contribution in [0.25, 0.3) is 0 Å². The molecule has 0 N–H and O–H groups in total. The zero-order valence-electron chi connectivity index (χ0n) is 16.1. The number of ether oxygens (including phenoxy) is 3. The second-order valence-electron chi connectivity index (χ2n) is 7.47. The van der Waals surface area contributed by atoms with Crippen LogP contribution in [0.4, 0.5) is 4.79 Å². The summed E-state index contributed by atoms with van der Waals surface area (Å²) in [5, 5.41) is 0. The van der Waals surface area contributed by atoms with Crippen molar-refractivity contribution in [2.75, 3.05) is 26.3 Å². The van der Waals surface area contributed by atoms with E-state index in [0.717, 1.165) is 18.6 Å². The van der Waals surface area contributed by atoms with Crippen LogP contribution in [0.15, 0.2) is 24.3 Å². The summed E-state index contributed by atoms with van der Waals surface area (Å²) in [5.74, 6) is 0.668. The molecule has 0 aliphatic carbocycles. The number of benzene rings is 1. The number of carbonyl (C=O) groups is 2. The van der Waals surface area contributed by atoms with Crippen LogP contribution >= 0.6 is 0 Å². The fraction of sp³-hybridized carbons (Fsp3) is 0.600. The highest BCUT2D eigenvalue weighted by atomic mass is 16.6. The zero-order chi connectivity index (χ0) is 19.2. The molecular formula is C20H29NO5. The van der Waals surface area contributed by atoms with Crippen molar-refractivity contribution in [1.29, 1.82) is 0 Å². The van der Waals surface area contributed by atoms with Gasteiger partial charge in [0.05, 0.1) is 18.8 Å². The van der Waals surface area contributed by atoms with Gasteiger partial charge in [-0.25, -0.2) is 9.59 Å². The van der Waals surface area contributed by atoms with E-state index in [0.29, 0.717) is 31.9 Å². The Morgan fingerprint density at radius 1 is 1.12 bits per heavy atom. The quantitative estimate of drug-likeness (QED) is 0.743. The number of hydrogen-bond acceptors (Lipinski definition) is 5. The maximum atomic E-state index is 12.1. The first kappa shape index (κ1) is 20.1. The standard InChI is InChI=1S/C20H29NO5/c1-5-24-17-8-6-16(7-9-17)18(22)25-14-15-10-12-21(13-11-15)19(23)26-20(2,3)4/h6-9,15H,5,10-14H2,1-4H3. The van der Waals surface area contributed by atoms with Crippen molar-refractivity contribution in [3.63, 3.8) is 0 Å². The van der Waals surface area contributed by atoms with Crippen molar-refractivity contribution in [2.24, 2.45) is 5.92 Å². The van der Waals surface area contributed by atoms with E-state index in [2.05, 4.69) is 0 Å². The lowest BCUT2D eigenvalue weighted by Gasteiger charge is -2.33. The van der Waals surface area contributed by atoms with Gasteiger partial charge in [0.15, 0.2) is 0 Å². The molecule has 0 atom stereocenters. The van der Waals surface area contributed by atoms with Crippen molar-refractivity contribution < 1.29 is 23.8 Å². The predicted molar refractivity (Wildman–Crippen MR) is 98.4 cm³/mol. The van der Waals surface area contributed by atoms with Crippen LogP contribution < -0.4 is 4.74 Å². The minimum atomic E-state index is -0.485. The molecule has 0 bridgehead atoms. The third kappa shape index (κ3) is 6.24. The highest BCUT2D eigenvalue weighted by Crippen LogP contribution is 2.21. The number of amides is 1. The Labute approximate surface area is 155 Å². The first-order valence-electron chi connectivity index (χ1n) is 9.16. The first-order valence-corrected chi connectivity index (χ1v) is 9.16. The van der Waals surface area contributed by atoms with Crippen LogP contribution in [0.1, 0.15) is 50.9 Å². The summed E-state index contributed by atoms with van der Waals surface area (Å²) >= 11 is 0. The van der Waals surface area contributed by atoms with E-state index in [1.165, 1.54) is 0 Å². The third-order valence-corrected chi connectivity index (χ3v) is 4.12. The largest absolute Gasteiger partial charge is 0.494 e. The summed E-state index contributed by atoms with van der Waals surface area (Å²) in [6, 6.07) is 6.94. The Balaban J connectivity index is 1.74. The van der Waals surface area contributed by atoms with Gasteiger partial charge in [0, 0.05) is 13.1 Å². The molecule has 0 spiro atoms. The lowest BCUT2D eigenvalue weighted by atomic mass is 9.98. The number of hydrogen-bond donors (Lipinski definition) is 0. The van der Waals surface area contributed by atoms with Gasteiger partial charge in [-0.2, -0.15) is 0 Å². The first-order chi connectivity index (χ1) is 12.3. The van der Waals surface area contributed by atoms with E-state index in [9.17, 15) is 9.59 Å². The van der Waals surface area contributed by atoms with E-state index in [4.69, 9.17) is 14.2 Å². The van der Waals surface area contributed by atoms with Crippen molar-refractivity contribution in [3.8, 4) is 5.75 Å². The lowest BCUT2D eigenvalue weighted by molar-refractivity contribution is 0.0115. The summed E-state index contributed by atoms with van der Waals surface area (Å²) in [6.45, 7) is 9.70. The van der Waals surface area contributed by atoms with E-state index in [1.54, 1.807) is 29.2 Å². The van der Waals surface area contributed by atoms with Crippen molar-refractivity contribution in [2.45, 2.75) is 46.1 Å². The van der Waals surface area contributed by atoms with Gasteiger partial charge in [-0.05, 0) is 70.7 Å². The molecule has 2 rings (SSSR count). The minimum Gasteiger partial charge on any atom is -0.494 e. The highest BCUT2D eigenvalue weighted by Gasteiger charge is 2.27. The Kier molecular flexibility index (Phi) is 6.89. The van der Waals surface area contributed by atoms with Gasteiger partial charge in [-0.15, -0.1) is 0 Å². The van der Waals surface area contributed by atoms with Crippen LogP contribution in [0.3, 0.4) is 0 Å². The molecule has 6 nitrogen and oxygen atoms in total. The third-order valence-electron chi connectivity index (χ3n) is 4.12. The van der Waals surface area contributed by atoms with Crippen molar-refractivity contribution in [3.05, 3.63) is 29.8 Å².